The molecule has 1 N–H and O–H groups in total. The summed E-state index contributed by atoms with van der Waals surface area (Å²) in [7, 11) is 0. The molecule has 4 nitrogen and oxygen atoms in total. The Morgan fingerprint density at radius 1 is 1.31 bits per heavy atom. The molecule has 0 saturated heterocycles. The number of rotatable bonds is 2. The van der Waals surface area contributed by atoms with Crippen LogP contribution in [-0.2, 0) is 6.61 Å². The van der Waals surface area contributed by atoms with Crippen LogP contribution in [0.2, 0.25) is 0 Å². The zero-order valence-corrected chi connectivity index (χ0v) is 6.96. The number of nitrogens with zero attached hydrogens (tertiary/aromatic N) is 3. The lowest BCUT2D eigenvalue weighted by atomic mass is 10.5. The van der Waals surface area contributed by atoms with E-state index in [1.165, 1.54) is 0 Å². The Kier molecular flexibility index (Phi) is 2.06. The molecule has 0 spiro atoms. The van der Waals surface area contributed by atoms with E-state index in [1.54, 1.807) is 23.1 Å². The maximum Gasteiger partial charge on any atom is 0.153 e. The number of aliphatic hydroxyl groups excluding tert-OH is 1. The van der Waals surface area contributed by atoms with Crippen LogP contribution in [0.25, 0.3) is 5.82 Å². The molecule has 0 aliphatic rings. The lowest BCUT2D eigenvalue weighted by molar-refractivity contribution is 0.276. The summed E-state index contributed by atoms with van der Waals surface area (Å²) in [6, 6.07) is 7.35. The molecule has 0 aromatic carbocycles. The number of pyridine rings is 1. The first-order valence-corrected chi connectivity index (χ1v) is 3.97. The number of aliphatic hydroxyl groups is 1. The molecule has 13 heavy (non-hydrogen) atoms. The third kappa shape index (κ3) is 1.57. The summed E-state index contributed by atoms with van der Waals surface area (Å²) in [6.07, 6.45) is 3.48. The Morgan fingerprint density at radius 3 is 2.85 bits per heavy atom. The van der Waals surface area contributed by atoms with Gasteiger partial charge in [-0.3, -0.25) is 0 Å². The minimum Gasteiger partial charge on any atom is -0.390 e. The van der Waals surface area contributed by atoms with Crippen LogP contribution in [0.5, 0.6) is 0 Å². The third-order valence-corrected chi connectivity index (χ3v) is 1.69. The molecule has 2 aromatic rings. The van der Waals surface area contributed by atoms with Crippen molar-refractivity contribution in [1.29, 1.82) is 0 Å². The van der Waals surface area contributed by atoms with Gasteiger partial charge in [-0.05, 0) is 18.2 Å². The van der Waals surface area contributed by atoms with Crippen molar-refractivity contribution in [3.8, 4) is 5.82 Å². The Hall–Kier alpha value is -1.68. The number of hydrogen-bond acceptors (Lipinski definition) is 3. The van der Waals surface area contributed by atoms with Gasteiger partial charge in [0.2, 0.25) is 0 Å². The highest BCUT2D eigenvalue weighted by atomic mass is 16.3. The summed E-state index contributed by atoms with van der Waals surface area (Å²) in [6.45, 7) is -0.0418. The minimum absolute atomic E-state index is 0.0418. The standard InChI is InChI=1S/C9H9N3O/c13-7-8-4-6-12(11-8)9-3-1-2-5-10-9/h1-6,13H,7H2. The quantitative estimate of drug-likeness (QED) is 0.733. The predicted octanol–water partition coefficient (Wildman–Crippen LogP) is 0.760. The summed E-state index contributed by atoms with van der Waals surface area (Å²) in [5.74, 6) is 0.752. The maximum absolute atomic E-state index is 8.80. The van der Waals surface area contributed by atoms with Gasteiger partial charge in [-0.25, -0.2) is 9.67 Å². The average Bonchev–Trinajstić information content (AvgIpc) is 2.67. The van der Waals surface area contributed by atoms with Crippen molar-refractivity contribution in [1.82, 2.24) is 14.8 Å². The van der Waals surface area contributed by atoms with Gasteiger partial charge in [-0.15, -0.1) is 0 Å². The van der Waals surface area contributed by atoms with Crippen LogP contribution < -0.4 is 0 Å². The van der Waals surface area contributed by atoms with Crippen LogP contribution >= 0.6 is 0 Å². The van der Waals surface area contributed by atoms with Crippen LogP contribution in [0, 0.1) is 0 Å². The molecule has 0 aliphatic carbocycles. The molecular weight excluding hydrogens is 166 g/mol. The van der Waals surface area contributed by atoms with Crippen LogP contribution in [0.3, 0.4) is 0 Å². The van der Waals surface area contributed by atoms with E-state index in [4.69, 9.17) is 5.11 Å². The molecule has 0 aliphatic heterocycles. The van der Waals surface area contributed by atoms with Gasteiger partial charge in [0, 0.05) is 12.4 Å². The molecule has 0 bridgehead atoms. The molecule has 2 aromatic heterocycles. The second kappa shape index (κ2) is 3.37. The Morgan fingerprint density at radius 2 is 2.23 bits per heavy atom. The van der Waals surface area contributed by atoms with Crippen molar-refractivity contribution >= 4 is 0 Å². The van der Waals surface area contributed by atoms with Crippen molar-refractivity contribution in [2.24, 2.45) is 0 Å². The Labute approximate surface area is 75.5 Å². The van der Waals surface area contributed by atoms with Crippen molar-refractivity contribution in [2.45, 2.75) is 6.61 Å². The molecule has 0 fully saturated rings. The number of hydrogen-bond donors (Lipinski definition) is 1. The van der Waals surface area contributed by atoms with Crippen LogP contribution in [0.4, 0.5) is 0 Å². The highest BCUT2D eigenvalue weighted by Gasteiger charge is 1.99. The predicted molar refractivity (Wildman–Crippen MR) is 47.3 cm³/mol. The van der Waals surface area contributed by atoms with Crippen LogP contribution in [-0.4, -0.2) is 19.9 Å². The second-order valence-electron chi connectivity index (χ2n) is 2.60. The molecule has 66 valence electrons. The molecule has 0 saturated carbocycles. The van der Waals surface area contributed by atoms with E-state index in [0.29, 0.717) is 5.69 Å². The van der Waals surface area contributed by atoms with E-state index in [9.17, 15) is 0 Å². The first kappa shape index (κ1) is 7.94. The monoisotopic (exact) mass is 175 g/mol. The highest BCUT2D eigenvalue weighted by molar-refractivity contribution is 5.20. The number of aromatic nitrogens is 3. The molecule has 0 unspecified atom stereocenters. The maximum atomic E-state index is 8.80. The molecule has 4 heteroatoms. The fourth-order valence-electron chi connectivity index (χ4n) is 1.06. The zero-order chi connectivity index (χ0) is 9.10. The van der Waals surface area contributed by atoms with E-state index in [0.717, 1.165) is 5.82 Å². The van der Waals surface area contributed by atoms with E-state index in [1.807, 2.05) is 18.2 Å². The summed E-state index contributed by atoms with van der Waals surface area (Å²) >= 11 is 0. The van der Waals surface area contributed by atoms with E-state index in [2.05, 4.69) is 10.1 Å². The summed E-state index contributed by atoms with van der Waals surface area (Å²) in [4.78, 5) is 4.12. The minimum atomic E-state index is -0.0418. The van der Waals surface area contributed by atoms with Crippen LogP contribution in [0.15, 0.2) is 36.7 Å². The van der Waals surface area contributed by atoms with Gasteiger partial charge in [0.1, 0.15) is 0 Å². The summed E-state index contributed by atoms with van der Waals surface area (Å²) in [5.41, 5.74) is 0.644. The van der Waals surface area contributed by atoms with Gasteiger partial charge in [0.15, 0.2) is 5.82 Å². The molecule has 0 atom stereocenters. The summed E-state index contributed by atoms with van der Waals surface area (Å²) < 4.78 is 1.63. The van der Waals surface area contributed by atoms with E-state index >= 15 is 0 Å². The normalized spacial score (nSPS) is 10.2. The first-order valence-electron chi connectivity index (χ1n) is 3.97. The zero-order valence-electron chi connectivity index (χ0n) is 6.96. The highest BCUT2D eigenvalue weighted by Crippen LogP contribution is 2.02. The lowest BCUT2D eigenvalue weighted by Gasteiger charge is -1.97. The first-order chi connectivity index (χ1) is 6.40. The Balaban J connectivity index is 2.36. The van der Waals surface area contributed by atoms with Gasteiger partial charge in [0.25, 0.3) is 0 Å². The van der Waals surface area contributed by atoms with Gasteiger partial charge < -0.3 is 5.11 Å². The molecule has 0 radical (unpaired) electrons. The Bertz CT molecular complexity index is 383. The fourth-order valence-corrected chi connectivity index (χ4v) is 1.06. The second-order valence-corrected chi connectivity index (χ2v) is 2.60. The van der Waals surface area contributed by atoms with Crippen LogP contribution in [0.1, 0.15) is 5.69 Å². The largest absolute Gasteiger partial charge is 0.390 e. The van der Waals surface area contributed by atoms with Gasteiger partial charge in [-0.1, -0.05) is 6.07 Å². The van der Waals surface area contributed by atoms with Gasteiger partial charge >= 0.3 is 0 Å². The summed E-state index contributed by atoms with van der Waals surface area (Å²) in [5, 5.41) is 12.9. The topological polar surface area (TPSA) is 50.9 Å². The van der Waals surface area contributed by atoms with Gasteiger partial charge in [-0.2, -0.15) is 5.10 Å². The fraction of sp³-hybridized carbons (Fsp3) is 0.111. The van der Waals surface area contributed by atoms with E-state index < -0.39 is 0 Å². The molecule has 0 amide bonds. The van der Waals surface area contributed by atoms with Crippen molar-refractivity contribution in [3.63, 3.8) is 0 Å². The lowest BCUT2D eigenvalue weighted by Crippen LogP contribution is -1.98. The molecule has 2 rings (SSSR count). The van der Waals surface area contributed by atoms with Gasteiger partial charge in [0.05, 0.1) is 12.3 Å². The molecule has 2 heterocycles. The van der Waals surface area contributed by atoms with Crippen molar-refractivity contribution in [2.75, 3.05) is 0 Å². The SMILES string of the molecule is OCc1ccn(-c2ccccn2)n1. The van der Waals surface area contributed by atoms with Crippen molar-refractivity contribution in [3.05, 3.63) is 42.4 Å². The smallest absolute Gasteiger partial charge is 0.153 e. The third-order valence-electron chi connectivity index (χ3n) is 1.69. The van der Waals surface area contributed by atoms with Crippen molar-refractivity contribution < 1.29 is 5.11 Å². The molecular formula is C9H9N3O. The average molecular weight is 175 g/mol. The van der Waals surface area contributed by atoms with E-state index in [-0.39, 0.29) is 6.61 Å².